The lowest BCUT2D eigenvalue weighted by Gasteiger charge is -2.34. The Kier molecular flexibility index (Phi) is 9.48. The van der Waals surface area contributed by atoms with Crippen LogP contribution < -0.4 is 4.90 Å². The number of para-hydroxylation sites is 3. The van der Waals surface area contributed by atoms with Crippen LogP contribution in [0.4, 0.5) is 17.1 Å². The highest BCUT2D eigenvalue weighted by Crippen LogP contribution is 2.60. The molecule has 1 aliphatic rings. The highest BCUT2D eigenvalue weighted by atomic mass is 16.3. The van der Waals surface area contributed by atoms with E-state index in [2.05, 4.69) is 289 Å². The predicted octanol–water partition coefficient (Wildman–Crippen LogP) is 19.0. The monoisotopic (exact) mass is 942 g/mol. The quantitative estimate of drug-likeness (QED) is 0.151. The van der Waals surface area contributed by atoms with Gasteiger partial charge in [-0.2, -0.15) is 0 Å². The third-order valence-corrected chi connectivity index (χ3v) is 15.7. The number of anilines is 3. The van der Waals surface area contributed by atoms with Crippen LogP contribution in [-0.2, 0) is 5.41 Å². The lowest BCUT2D eigenvalue weighted by Crippen LogP contribution is -2.28. The van der Waals surface area contributed by atoms with E-state index in [0.29, 0.717) is 0 Å². The van der Waals surface area contributed by atoms with Gasteiger partial charge in [-0.15, -0.1) is 0 Å². The van der Waals surface area contributed by atoms with Gasteiger partial charge in [0.15, 0.2) is 5.58 Å². The van der Waals surface area contributed by atoms with E-state index in [0.717, 1.165) is 61.2 Å². The molecular formula is C71H46N2O. The largest absolute Gasteiger partial charge is 0.454 e. The lowest BCUT2D eigenvalue weighted by atomic mass is 9.68. The van der Waals surface area contributed by atoms with Crippen LogP contribution in [0.15, 0.2) is 283 Å². The molecule has 0 fully saturated rings. The summed E-state index contributed by atoms with van der Waals surface area (Å²) in [7, 11) is 0. The minimum absolute atomic E-state index is 0.559. The van der Waals surface area contributed by atoms with Crippen LogP contribution in [0.1, 0.15) is 22.3 Å². The molecular weight excluding hydrogens is 897 g/mol. The van der Waals surface area contributed by atoms with Gasteiger partial charge in [-0.25, -0.2) is 0 Å². The van der Waals surface area contributed by atoms with Crippen LogP contribution in [0.5, 0.6) is 0 Å². The number of benzene rings is 12. The summed E-state index contributed by atoms with van der Waals surface area (Å²) < 4.78 is 9.42. The zero-order valence-electron chi connectivity index (χ0n) is 40.4. The molecule has 14 aromatic rings. The first-order chi connectivity index (χ1) is 36.7. The second-order valence-electron chi connectivity index (χ2n) is 19.5. The third kappa shape index (κ3) is 6.27. The number of fused-ring (bicyclic) bond motifs is 11. The van der Waals surface area contributed by atoms with E-state index in [1.165, 1.54) is 71.7 Å². The Labute approximate surface area is 429 Å². The molecule has 3 heteroatoms. The summed E-state index contributed by atoms with van der Waals surface area (Å²) in [5, 5.41) is 7.04. The van der Waals surface area contributed by atoms with Crippen molar-refractivity contribution in [2.24, 2.45) is 0 Å². The number of hydrogen-bond acceptors (Lipinski definition) is 2. The molecule has 1 aliphatic carbocycles. The summed E-state index contributed by atoms with van der Waals surface area (Å²) >= 11 is 0. The summed E-state index contributed by atoms with van der Waals surface area (Å²) in [5.74, 6) is 0. The summed E-state index contributed by atoms with van der Waals surface area (Å²) in [6, 6.07) is 102. The van der Waals surface area contributed by atoms with Crippen molar-refractivity contribution in [2.75, 3.05) is 4.90 Å². The maximum absolute atomic E-state index is 7.05. The first-order valence-corrected chi connectivity index (χ1v) is 25.5. The fourth-order valence-corrected chi connectivity index (χ4v) is 12.5. The molecule has 0 unspecified atom stereocenters. The fraction of sp³-hybridized carbons (Fsp3) is 0.0141. The van der Waals surface area contributed by atoms with Crippen LogP contribution >= 0.6 is 0 Å². The van der Waals surface area contributed by atoms with Gasteiger partial charge in [-0.05, 0) is 122 Å². The molecule has 0 saturated heterocycles. The van der Waals surface area contributed by atoms with Crippen LogP contribution in [0.25, 0.3) is 93.6 Å². The Morgan fingerprint density at radius 3 is 1.66 bits per heavy atom. The van der Waals surface area contributed by atoms with Gasteiger partial charge in [0.05, 0.1) is 27.8 Å². The third-order valence-electron chi connectivity index (χ3n) is 15.7. The van der Waals surface area contributed by atoms with E-state index in [-0.39, 0.29) is 0 Å². The number of nitrogens with zero attached hydrogens (tertiary/aromatic N) is 2. The van der Waals surface area contributed by atoms with Crippen molar-refractivity contribution in [3.8, 4) is 39.1 Å². The number of hydrogen-bond donors (Lipinski definition) is 0. The summed E-state index contributed by atoms with van der Waals surface area (Å²) in [6.45, 7) is 0. The molecule has 12 aromatic carbocycles. The van der Waals surface area contributed by atoms with Gasteiger partial charge < -0.3 is 13.9 Å². The molecule has 0 saturated carbocycles. The van der Waals surface area contributed by atoms with E-state index in [1.807, 2.05) is 0 Å². The Balaban J connectivity index is 0.897. The van der Waals surface area contributed by atoms with E-state index >= 15 is 0 Å². The van der Waals surface area contributed by atoms with Gasteiger partial charge in [-0.3, -0.25) is 0 Å². The van der Waals surface area contributed by atoms with Gasteiger partial charge in [0.2, 0.25) is 0 Å². The first-order valence-electron chi connectivity index (χ1n) is 25.5. The summed E-state index contributed by atoms with van der Waals surface area (Å²) in [6.07, 6.45) is 0. The van der Waals surface area contributed by atoms with Gasteiger partial charge >= 0.3 is 0 Å². The van der Waals surface area contributed by atoms with Crippen molar-refractivity contribution in [3.63, 3.8) is 0 Å². The van der Waals surface area contributed by atoms with E-state index in [9.17, 15) is 0 Å². The second kappa shape index (κ2) is 16.7. The molecule has 0 bridgehead atoms. The maximum Gasteiger partial charge on any atom is 0.160 e. The van der Waals surface area contributed by atoms with E-state index < -0.39 is 5.41 Å². The van der Waals surface area contributed by atoms with Crippen LogP contribution in [0, 0.1) is 0 Å². The van der Waals surface area contributed by atoms with E-state index in [4.69, 9.17) is 4.42 Å². The van der Waals surface area contributed by atoms with Crippen molar-refractivity contribution < 1.29 is 4.42 Å². The molecule has 346 valence electrons. The van der Waals surface area contributed by atoms with Crippen molar-refractivity contribution in [2.45, 2.75) is 5.41 Å². The molecule has 2 aromatic heterocycles. The number of aromatic nitrogens is 1. The maximum atomic E-state index is 7.05. The van der Waals surface area contributed by atoms with Gasteiger partial charge in [-0.1, -0.05) is 218 Å². The zero-order chi connectivity index (χ0) is 48.7. The molecule has 74 heavy (non-hydrogen) atoms. The zero-order valence-corrected chi connectivity index (χ0v) is 40.4. The Bertz CT molecular complexity index is 4420. The molecule has 0 N–H and O–H groups in total. The first kappa shape index (κ1) is 42.0. The second-order valence-corrected chi connectivity index (χ2v) is 19.5. The smallest absolute Gasteiger partial charge is 0.160 e. The normalized spacial score (nSPS) is 12.7. The summed E-state index contributed by atoms with van der Waals surface area (Å²) in [5.41, 5.74) is 19.9. The molecule has 15 rings (SSSR count). The number of furan rings is 1. The molecule has 0 amide bonds. The minimum atomic E-state index is -0.559. The Morgan fingerprint density at radius 1 is 0.365 bits per heavy atom. The van der Waals surface area contributed by atoms with Crippen molar-refractivity contribution >= 4 is 71.6 Å². The fourth-order valence-electron chi connectivity index (χ4n) is 12.5. The molecule has 0 aliphatic heterocycles. The molecule has 2 heterocycles. The minimum Gasteiger partial charge on any atom is -0.454 e. The molecule has 3 nitrogen and oxygen atoms in total. The highest BCUT2D eigenvalue weighted by molar-refractivity contribution is 6.23. The van der Waals surface area contributed by atoms with Gasteiger partial charge in [0.25, 0.3) is 0 Å². The molecule has 0 atom stereocenters. The molecule has 0 radical (unpaired) electrons. The van der Waals surface area contributed by atoms with Crippen molar-refractivity contribution in [3.05, 3.63) is 301 Å². The van der Waals surface area contributed by atoms with Gasteiger partial charge in [0, 0.05) is 38.5 Å². The highest BCUT2D eigenvalue weighted by Gasteiger charge is 2.47. The summed E-state index contributed by atoms with van der Waals surface area (Å²) in [4.78, 5) is 2.45. The van der Waals surface area contributed by atoms with Crippen molar-refractivity contribution in [1.29, 1.82) is 0 Å². The lowest BCUT2D eigenvalue weighted by molar-refractivity contribution is 0.669. The van der Waals surface area contributed by atoms with Crippen LogP contribution in [0.3, 0.4) is 0 Å². The average molecular weight is 943 g/mol. The van der Waals surface area contributed by atoms with Gasteiger partial charge in [0.1, 0.15) is 5.58 Å². The Morgan fingerprint density at radius 2 is 0.919 bits per heavy atom. The van der Waals surface area contributed by atoms with E-state index in [1.54, 1.807) is 0 Å². The Hall–Kier alpha value is -9.70. The SMILES string of the molecule is c1ccc(-n2c3ccccc3c3cc(-c4ccc(-c5ccc(N(c6cccc7c6-c6ccccc6C7(c6ccccc6)c6ccccc6)c6cc7ccccc7c7c6oc6ccccc67)cc5)cc4)ccc32)cc1. The van der Waals surface area contributed by atoms with Crippen LogP contribution in [0.2, 0.25) is 0 Å². The van der Waals surface area contributed by atoms with Crippen molar-refractivity contribution in [1.82, 2.24) is 4.57 Å². The number of rotatable bonds is 8. The predicted molar refractivity (Wildman–Crippen MR) is 308 cm³/mol. The van der Waals surface area contributed by atoms with Crippen LogP contribution in [-0.4, -0.2) is 4.57 Å². The molecule has 0 spiro atoms. The standard InChI is InChI=1S/C71H46N2O/c1-4-20-52(21-5-1)71(53-22-6-2-7-23-53)61-30-15-12-28-58(61)69-62(71)31-18-33-65(69)73(66-46-51-19-10-11-26-56(51)68-59-29-14-17-34-67(59)74-70(66)68)55-42-39-48(40-43-55)47-35-37-49(38-36-47)50-41-44-64-60(45-50)57-27-13-16-32-63(57)72(64)54-24-8-3-9-25-54/h1-46H. The average Bonchev–Trinajstić information content (AvgIpc) is 4.14. The topological polar surface area (TPSA) is 21.3 Å².